The number of hydrogen-bond donors (Lipinski definition) is 3. The van der Waals surface area contributed by atoms with E-state index in [1.54, 1.807) is 20.1 Å². The molecule has 0 saturated heterocycles. The van der Waals surface area contributed by atoms with Crippen LogP contribution < -0.4 is 5.32 Å². The first-order valence-electron chi connectivity index (χ1n) is 5.41. The second kappa shape index (κ2) is 9.33. The van der Waals surface area contributed by atoms with Crippen LogP contribution in [0.3, 0.4) is 0 Å². The third-order valence-electron chi connectivity index (χ3n) is 2.26. The average Bonchev–Trinajstić information content (AvgIpc) is 2.24. The number of nitrogens with one attached hydrogen (secondary N) is 1. The molecule has 5 nitrogen and oxygen atoms in total. The largest absolute Gasteiger partial charge is 0.478 e. The molecule has 0 bridgehead atoms. The number of ether oxygens (including phenoxy) is 1. The second-order valence-electron chi connectivity index (χ2n) is 3.46. The molecule has 3 N–H and O–H groups in total. The van der Waals surface area contributed by atoms with Crippen LogP contribution in [0, 0.1) is 0 Å². The highest BCUT2D eigenvalue weighted by Gasteiger charge is 2.07. The quantitative estimate of drug-likeness (QED) is 0.500. The Kier molecular flexibility index (Phi) is 8.80. The summed E-state index contributed by atoms with van der Waals surface area (Å²) in [5.41, 5.74) is 0.396. The van der Waals surface area contributed by atoms with Crippen molar-refractivity contribution in [3.8, 4) is 0 Å². The predicted octanol–water partition coefficient (Wildman–Crippen LogP) is 0.394. The van der Waals surface area contributed by atoms with Crippen molar-refractivity contribution in [2.75, 3.05) is 26.9 Å². The number of carbonyl (C=O) groups is 1. The van der Waals surface area contributed by atoms with Gasteiger partial charge in [0.1, 0.15) is 0 Å². The van der Waals surface area contributed by atoms with Crippen LogP contribution in [0.1, 0.15) is 19.8 Å². The Morgan fingerprint density at radius 3 is 2.69 bits per heavy atom. The molecule has 94 valence electrons. The van der Waals surface area contributed by atoms with Crippen molar-refractivity contribution in [1.82, 2.24) is 5.32 Å². The summed E-state index contributed by atoms with van der Waals surface area (Å²) >= 11 is 0. The van der Waals surface area contributed by atoms with Crippen LogP contribution in [0.5, 0.6) is 0 Å². The molecule has 0 radical (unpaired) electrons. The summed E-state index contributed by atoms with van der Waals surface area (Å²) in [6, 6.07) is 0.0538. The third-order valence-corrected chi connectivity index (χ3v) is 2.26. The van der Waals surface area contributed by atoms with E-state index in [-0.39, 0.29) is 12.6 Å². The van der Waals surface area contributed by atoms with Gasteiger partial charge in [-0.2, -0.15) is 0 Å². The zero-order valence-corrected chi connectivity index (χ0v) is 9.90. The monoisotopic (exact) mass is 231 g/mol. The van der Waals surface area contributed by atoms with Gasteiger partial charge in [0, 0.05) is 31.9 Å². The van der Waals surface area contributed by atoms with E-state index in [0.717, 1.165) is 0 Å². The molecule has 16 heavy (non-hydrogen) atoms. The lowest BCUT2D eigenvalue weighted by Gasteiger charge is -2.15. The zero-order valence-electron chi connectivity index (χ0n) is 9.90. The Morgan fingerprint density at radius 1 is 1.56 bits per heavy atom. The fraction of sp³-hybridized carbons (Fsp3) is 0.727. The maximum atomic E-state index is 10.7. The van der Waals surface area contributed by atoms with E-state index in [1.165, 1.54) is 0 Å². The van der Waals surface area contributed by atoms with Gasteiger partial charge in [-0.05, 0) is 12.8 Å². The van der Waals surface area contributed by atoms with E-state index < -0.39 is 5.97 Å². The Bertz CT molecular complexity index is 222. The zero-order chi connectivity index (χ0) is 12.4. The molecule has 0 aromatic carbocycles. The van der Waals surface area contributed by atoms with Crippen molar-refractivity contribution in [3.05, 3.63) is 11.6 Å². The number of carboxylic acid groups (broad SMARTS) is 1. The van der Waals surface area contributed by atoms with E-state index in [4.69, 9.17) is 14.9 Å². The second-order valence-corrected chi connectivity index (χ2v) is 3.46. The minimum Gasteiger partial charge on any atom is -0.478 e. The molecule has 5 heteroatoms. The first-order chi connectivity index (χ1) is 7.65. The number of methoxy groups -OCH3 is 1. The lowest BCUT2D eigenvalue weighted by atomic mass is 10.2. The van der Waals surface area contributed by atoms with Crippen LogP contribution in [-0.2, 0) is 9.53 Å². The fourth-order valence-electron chi connectivity index (χ4n) is 1.33. The van der Waals surface area contributed by atoms with Gasteiger partial charge >= 0.3 is 5.97 Å². The van der Waals surface area contributed by atoms with Crippen LogP contribution in [0.2, 0.25) is 0 Å². The van der Waals surface area contributed by atoms with E-state index in [9.17, 15) is 4.79 Å². The van der Waals surface area contributed by atoms with Crippen molar-refractivity contribution >= 4 is 5.97 Å². The highest BCUT2D eigenvalue weighted by molar-refractivity contribution is 5.86. The molecule has 0 amide bonds. The van der Waals surface area contributed by atoms with Gasteiger partial charge < -0.3 is 20.3 Å². The smallest absolute Gasteiger partial charge is 0.331 e. The molecule has 0 aromatic rings. The van der Waals surface area contributed by atoms with Crippen molar-refractivity contribution < 1.29 is 19.7 Å². The van der Waals surface area contributed by atoms with Crippen LogP contribution in [-0.4, -0.2) is 49.1 Å². The van der Waals surface area contributed by atoms with Crippen molar-refractivity contribution in [2.45, 2.75) is 25.8 Å². The molecular formula is C11H21NO4. The lowest BCUT2D eigenvalue weighted by molar-refractivity contribution is -0.132. The SMILES string of the molecule is CCC(=CCNC(CCO)COC)C(=O)O. The summed E-state index contributed by atoms with van der Waals surface area (Å²) in [7, 11) is 1.59. The first kappa shape index (κ1) is 15.1. The molecule has 1 unspecified atom stereocenters. The maximum Gasteiger partial charge on any atom is 0.331 e. The molecule has 0 aliphatic heterocycles. The highest BCUT2D eigenvalue weighted by atomic mass is 16.5. The fourth-order valence-corrected chi connectivity index (χ4v) is 1.33. The third kappa shape index (κ3) is 6.55. The summed E-state index contributed by atoms with van der Waals surface area (Å²) in [6.07, 6.45) is 2.75. The minimum atomic E-state index is -0.880. The first-order valence-corrected chi connectivity index (χ1v) is 5.41. The number of aliphatic carboxylic acids is 1. The summed E-state index contributed by atoms with van der Waals surface area (Å²) in [4.78, 5) is 10.7. The molecule has 0 aromatic heterocycles. The highest BCUT2D eigenvalue weighted by Crippen LogP contribution is 1.99. The molecule has 0 saturated carbocycles. The van der Waals surface area contributed by atoms with Gasteiger partial charge in [0.2, 0.25) is 0 Å². The van der Waals surface area contributed by atoms with Crippen molar-refractivity contribution in [1.29, 1.82) is 0 Å². The Balaban J connectivity index is 4.03. The number of hydrogen-bond acceptors (Lipinski definition) is 4. The lowest BCUT2D eigenvalue weighted by Crippen LogP contribution is -2.34. The average molecular weight is 231 g/mol. The predicted molar refractivity (Wildman–Crippen MR) is 61.4 cm³/mol. The topological polar surface area (TPSA) is 78.8 Å². The normalized spacial score (nSPS) is 13.8. The molecular weight excluding hydrogens is 210 g/mol. The minimum absolute atomic E-state index is 0.0538. The van der Waals surface area contributed by atoms with Gasteiger partial charge in [0.15, 0.2) is 0 Å². The molecule has 0 rings (SSSR count). The van der Waals surface area contributed by atoms with E-state index >= 15 is 0 Å². The van der Waals surface area contributed by atoms with Crippen LogP contribution in [0.15, 0.2) is 11.6 Å². The van der Waals surface area contributed by atoms with Crippen LogP contribution in [0.25, 0.3) is 0 Å². The van der Waals surface area contributed by atoms with E-state index in [2.05, 4.69) is 5.32 Å². The van der Waals surface area contributed by atoms with E-state index in [1.807, 2.05) is 0 Å². The number of carboxylic acids is 1. The van der Waals surface area contributed by atoms with E-state index in [0.29, 0.717) is 31.6 Å². The summed E-state index contributed by atoms with van der Waals surface area (Å²) in [5.74, 6) is -0.880. The summed E-state index contributed by atoms with van der Waals surface area (Å²) in [5, 5.41) is 20.7. The molecule has 0 heterocycles. The van der Waals surface area contributed by atoms with Gasteiger partial charge in [-0.3, -0.25) is 0 Å². The number of rotatable bonds is 9. The Hall–Kier alpha value is -0.910. The van der Waals surface area contributed by atoms with Gasteiger partial charge in [0.05, 0.1) is 6.61 Å². The van der Waals surface area contributed by atoms with Gasteiger partial charge in [-0.25, -0.2) is 4.79 Å². The van der Waals surface area contributed by atoms with Crippen LogP contribution >= 0.6 is 0 Å². The van der Waals surface area contributed by atoms with Crippen molar-refractivity contribution in [3.63, 3.8) is 0 Å². The number of aliphatic hydroxyl groups is 1. The van der Waals surface area contributed by atoms with Gasteiger partial charge in [-0.15, -0.1) is 0 Å². The molecule has 1 atom stereocenters. The van der Waals surface area contributed by atoms with Crippen LogP contribution in [0.4, 0.5) is 0 Å². The standard InChI is InChI=1S/C11H21NO4/c1-3-9(11(14)15)4-6-12-10(5-7-13)8-16-2/h4,10,12-13H,3,5-8H2,1-2H3,(H,14,15). The van der Waals surface area contributed by atoms with Gasteiger partial charge in [-0.1, -0.05) is 13.0 Å². The molecule has 0 fully saturated rings. The summed E-state index contributed by atoms with van der Waals surface area (Å²) in [6.45, 7) is 2.87. The number of aliphatic hydroxyl groups excluding tert-OH is 1. The Labute approximate surface area is 96.1 Å². The van der Waals surface area contributed by atoms with Gasteiger partial charge in [0.25, 0.3) is 0 Å². The Morgan fingerprint density at radius 2 is 2.25 bits per heavy atom. The summed E-state index contributed by atoms with van der Waals surface area (Å²) < 4.78 is 4.98. The molecule has 0 aliphatic rings. The molecule has 0 spiro atoms. The maximum absolute atomic E-state index is 10.7. The molecule has 0 aliphatic carbocycles. The van der Waals surface area contributed by atoms with Crippen molar-refractivity contribution in [2.24, 2.45) is 0 Å².